The number of benzene rings is 2. The van der Waals surface area contributed by atoms with Crippen LogP contribution < -0.4 is 5.32 Å². The molecule has 0 spiro atoms. The number of rotatable bonds is 2. The largest absolute Gasteiger partial charge is 0.321 e. The van der Waals surface area contributed by atoms with Gasteiger partial charge >= 0.3 is 6.03 Å². The average Bonchev–Trinajstić information content (AvgIpc) is 2.55. The number of amides is 2. The van der Waals surface area contributed by atoms with Crippen molar-refractivity contribution in [1.29, 1.82) is 0 Å². The van der Waals surface area contributed by atoms with E-state index >= 15 is 0 Å². The molecule has 2 aliphatic rings. The van der Waals surface area contributed by atoms with Crippen LogP contribution in [0.15, 0.2) is 48.5 Å². The smallest absolute Gasteiger partial charge is 0.321 e. The fraction of sp³-hybridized carbons (Fsp3) is 0.316. The monoisotopic (exact) mass is 325 g/mol. The molecule has 124 valence electrons. The maximum Gasteiger partial charge on any atom is 0.321 e. The molecule has 0 saturated carbocycles. The van der Waals surface area contributed by atoms with Gasteiger partial charge < -0.3 is 10.2 Å². The maximum atomic E-state index is 12.9. The molecule has 0 bridgehead atoms. The van der Waals surface area contributed by atoms with Crippen LogP contribution >= 0.6 is 0 Å². The highest BCUT2D eigenvalue weighted by molar-refractivity contribution is 5.89. The summed E-state index contributed by atoms with van der Waals surface area (Å²) in [5, 5.41) is 2.81. The minimum absolute atomic E-state index is 0.115. The number of urea groups is 1. The second-order valence-electron chi connectivity index (χ2n) is 6.49. The number of hydrogen-bond acceptors (Lipinski definition) is 2. The summed E-state index contributed by atoms with van der Waals surface area (Å²) < 4.78 is 12.9. The van der Waals surface area contributed by atoms with Gasteiger partial charge in [-0.2, -0.15) is 0 Å². The molecule has 24 heavy (non-hydrogen) atoms. The number of nitrogens with zero attached hydrogens (tertiary/aromatic N) is 2. The Morgan fingerprint density at radius 3 is 2.50 bits per heavy atom. The van der Waals surface area contributed by atoms with E-state index < -0.39 is 0 Å². The molecule has 1 fully saturated rings. The Balaban J connectivity index is 1.30. The number of hydrogen-bond donors (Lipinski definition) is 1. The van der Waals surface area contributed by atoms with Gasteiger partial charge in [0.15, 0.2) is 0 Å². The van der Waals surface area contributed by atoms with Crippen molar-refractivity contribution in [2.75, 3.05) is 25.0 Å². The number of halogens is 1. The summed E-state index contributed by atoms with van der Waals surface area (Å²) in [6, 6.07) is 14.7. The molecule has 0 radical (unpaired) electrons. The molecule has 2 aliphatic heterocycles. The van der Waals surface area contributed by atoms with Gasteiger partial charge in [0.2, 0.25) is 0 Å². The Morgan fingerprint density at radius 1 is 1.04 bits per heavy atom. The molecule has 5 heteroatoms. The van der Waals surface area contributed by atoms with Crippen molar-refractivity contribution in [1.82, 2.24) is 9.80 Å². The van der Waals surface area contributed by atoms with Crippen LogP contribution in [0.5, 0.6) is 0 Å². The lowest BCUT2D eigenvalue weighted by molar-refractivity contribution is 0.0528. The van der Waals surface area contributed by atoms with E-state index in [9.17, 15) is 9.18 Å². The molecule has 0 aromatic heterocycles. The van der Waals surface area contributed by atoms with Crippen LogP contribution in [0.1, 0.15) is 11.1 Å². The van der Waals surface area contributed by atoms with Crippen LogP contribution in [-0.4, -0.2) is 41.5 Å². The van der Waals surface area contributed by atoms with Gasteiger partial charge in [-0.05, 0) is 41.8 Å². The van der Waals surface area contributed by atoms with Gasteiger partial charge in [0.25, 0.3) is 0 Å². The van der Waals surface area contributed by atoms with Crippen LogP contribution in [0, 0.1) is 5.82 Å². The summed E-state index contributed by atoms with van der Waals surface area (Å²) in [5.74, 6) is -0.303. The molecule has 0 unspecified atom stereocenters. The SMILES string of the molecule is O=C(Nc1ccc(F)cc1)N1CC(N2CCc3ccccc3C2)C1. The van der Waals surface area contributed by atoms with Crippen molar-refractivity contribution in [3.05, 3.63) is 65.5 Å². The zero-order valence-corrected chi connectivity index (χ0v) is 13.4. The molecule has 0 aliphatic carbocycles. The Labute approximate surface area is 140 Å². The molecular weight excluding hydrogens is 305 g/mol. The first-order chi connectivity index (χ1) is 11.7. The third-order valence-corrected chi connectivity index (χ3v) is 4.92. The molecule has 4 nitrogen and oxygen atoms in total. The highest BCUT2D eigenvalue weighted by Gasteiger charge is 2.35. The standard InChI is InChI=1S/C19H20FN3O/c20-16-5-7-17(8-6-16)21-19(24)23-12-18(13-23)22-10-9-14-3-1-2-4-15(14)11-22/h1-8,18H,9-13H2,(H,21,24). The molecule has 0 atom stereocenters. The van der Waals surface area contributed by atoms with E-state index in [1.807, 2.05) is 0 Å². The van der Waals surface area contributed by atoms with E-state index in [-0.39, 0.29) is 11.8 Å². The van der Waals surface area contributed by atoms with Gasteiger partial charge in [0.1, 0.15) is 5.82 Å². The lowest BCUT2D eigenvalue weighted by atomic mass is 9.97. The van der Waals surface area contributed by atoms with Gasteiger partial charge in [0.05, 0.1) is 0 Å². The first-order valence-electron chi connectivity index (χ1n) is 8.31. The predicted octanol–water partition coefficient (Wildman–Crippen LogP) is 3.10. The van der Waals surface area contributed by atoms with E-state index in [4.69, 9.17) is 0 Å². The van der Waals surface area contributed by atoms with E-state index in [2.05, 4.69) is 34.5 Å². The number of fused-ring (bicyclic) bond motifs is 1. The quantitative estimate of drug-likeness (QED) is 0.921. The highest BCUT2D eigenvalue weighted by atomic mass is 19.1. The topological polar surface area (TPSA) is 35.6 Å². The number of carbonyl (C=O) groups excluding carboxylic acids is 1. The zero-order valence-electron chi connectivity index (χ0n) is 13.4. The molecule has 2 heterocycles. The Bertz CT molecular complexity index is 741. The van der Waals surface area contributed by atoms with Crippen LogP contribution in [-0.2, 0) is 13.0 Å². The summed E-state index contributed by atoms with van der Waals surface area (Å²) >= 11 is 0. The summed E-state index contributed by atoms with van der Waals surface area (Å²) in [6.07, 6.45) is 1.08. The average molecular weight is 325 g/mol. The van der Waals surface area contributed by atoms with Crippen LogP contribution in [0.3, 0.4) is 0 Å². The molecule has 2 amide bonds. The zero-order chi connectivity index (χ0) is 16.5. The Kier molecular flexibility index (Phi) is 3.94. The molecule has 1 saturated heterocycles. The van der Waals surface area contributed by atoms with E-state index in [1.54, 1.807) is 17.0 Å². The first-order valence-corrected chi connectivity index (χ1v) is 8.31. The highest BCUT2D eigenvalue weighted by Crippen LogP contribution is 2.24. The first kappa shape index (κ1) is 15.1. The predicted molar refractivity (Wildman–Crippen MR) is 91.3 cm³/mol. The fourth-order valence-corrected chi connectivity index (χ4v) is 3.42. The van der Waals surface area contributed by atoms with Gasteiger partial charge in [-0.15, -0.1) is 0 Å². The van der Waals surface area contributed by atoms with Crippen molar-refractivity contribution in [2.24, 2.45) is 0 Å². The van der Waals surface area contributed by atoms with E-state index in [1.165, 1.54) is 23.3 Å². The summed E-state index contributed by atoms with van der Waals surface area (Å²) in [6.45, 7) is 3.51. The number of nitrogens with one attached hydrogen (secondary N) is 1. The molecule has 1 N–H and O–H groups in total. The van der Waals surface area contributed by atoms with E-state index in [0.29, 0.717) is 11.7 Å². The third kappa shape index (κ3) is 2.99. The van der Waals surface area contributed by atoms with Gasteiger partial charge in [0, 0.05) is 37.9 Å². The second kappa shape index (κ2) is 6.24. The summed E-state index contributed by atoms with van der Waals surface area (Å²) in [7, 11) is 0. The van der Waals surface area contributed by atoms with Crippen LogP contribution in [0.25, 0.3) is 0 Å². The maximum absolute atomic E-state index is 12.9. The van der Waals surface area contributed by atoms with Crippen LogP contribution in [0.2, 0.25) is 0 Å². The van der Waals surface area contributed by atoms with Crippen molar-refractivity contribution in [2.45, 2.75) is 19.0 Å². The van der Waals surface area contributed by atoms with Gasteiger partial charge in [-0.1, -0.05) is 24.3 Å². The molecular formula is C19H20FN3O. The van der Waals surface area contributed by atoms with Crippen molar-refractivity contribution in [3.63, 3.8) is 0 Å². The lowest BCUT2D eigenvalue weighted by Crippen LogP contribution is -2.62. The number of carbonyl (C=O) groups is 1. The number of anilines is 1. The molecule has 4 rings (SSSR count). The van der Waals surface area contributed by atoms with Gasteiger partial charge in [-0.3, -0.25) is 4.90 Å². The van der Waals surface area contributed by atoms with Gasteiger partial charge in [-0.25, -0.2) is 9.18 Å². The minimum Gasteiger partial charge on any atom is -0.321 e. The van der Waals surface area contributed by atoms with Crippen molar-refractivity contribution < 1.29 is 9.18 Å². The normalized spacial score (nSPS) is 18.0. The lowest BCUT2D eigenvalue weighted by Gasteiger charge is -2.46. The fourth-order valence-electron chi connectivity index (χ4n) is 3.42. The Hall–Kier alpha value is -2.40. The summed E-state index contributed by atoms with van der Waals surface area (Å²) in [5.41, 5.74) is 3.47. The number of likely N-dealkylation sites (tertiary alicyclic amines) is 1. The molecule has 2 aromatic rings. The van der Waals surface area contributed by atoms with E-state index in [0.717, 1.165) is 32.6 Å². The van der Waals surface area contributed by atoms with Crippen LogP contribution in [0.4, 0.5) is 14.9 Å². The Morgan fingerprint density at radius 2 is 1.75 bits per heavy atom. The van der Waals surface area contributed by atoms with Crippen molar-refractivity contribution >= 4 is 11.7 Å². The molecule has 2 aromatic carbocycles. The third-order valence-electron chi connectivity index (χ3n) is 4.92. The second-order valence-corrected chi connectivity index (χ2v) is 6.49. The van der Waals surface area contributed by atoms with Crippen molar-refractivity contribution in [3.8, 4) is 0 Å². The summed E-state index contributed by atoms with van der Waals surface area (Å²) in [4.78, 5) is 16.5. The minimum atomic E-state index is -0.303.